The van der Waals surface area contributed by atoms with Crippen LogP contribution in [-0.4, -0.2) is 17.4 Å². The molecule has 0 saturated carbocycles. The molecule has 1 amide bonds. The molecule has 0 aliphatic heterocycles. The Bertz CT molecular complexity index is 635. The van der Waals surface area contributed by atoms with Gasteiger partial charge in [-0.1, -0.05) is 41.4 Å². The largest absolute Gasteiger partial charge is 0.350 e. The van der Waals surface area contributed by atoms with E-state index in [9.17, 15) is 4.79 Å². The Morgan fingerprint density at radius 1 is 1.48 bits per heavy atom. The fraction of sp³-hybridized carbons (Fsp3) is 0.375. The second-order valence-corrected chi connectivity index (χ2v) is 7.01. The maximum Gasteiger partial charge on any atom is 0.270 e. The lowest BCUT2D eigenvalue weighted by Gasteiger charge is -2.15. The highest BCUT2D eigenvalue weighted by molar-refractivity contribution is 9.10. The summed E-state index contributed by atoms with van der Waals surface area (Å²) >= 11 is 4.91. The van der Waals surface area contributed by atoms with E-state index in [1.54, 1.807) is 5.38 Å². The molecule has 2 aromatic rings. The first-order chi connectivity index (χ1) is 10.6. The van der Waals surface area contributed by atoms with E-state index in [-0.39, 0.29) is 18.3 Å². The fourth-order valence-corrected chi connectivity index (χ4v) is 3.30. The summed E-state index contributed by atoms with van der Waals surface area (Å²) in [5.74, 6) is 0.287. The van der Waals surface area contributed by atoms with E-state index < -0.39 is 0 Å². The third-order valence-corrected chi connectivity index (χ3v) is 4.87. The first-order valence-corrected chi connectivity index (χ1v) is 8.96. The highest BCUT2D eigenvalue weighted by Gasteiger charge is 2.13. The molecular formula is C16H21BrClN3OS. The van der Waals surface area contributed by atoms with Crippen LogP contribution in [0.1, 0.15) is 34.4 Å². The fourth-order valence-electron chi connectivity index (χ4n) is 2.19. The number of nitrogens with one attached hydrogen (secondary N) is 1. The maximum absolute atomic E-state index is 12.1. The molecule has 1 heterocycles. The van der Waals surface area contributed by atoms with Crippen molar-refractivity contribution in [3.8, 4) is 0 Å². The van der Waals surface area contributed by atoms with Crippen molar-refractivity contribution < 1.29 is 4.79 Å². The lowest BCUT2D eigenvalue weighted by Crippen LogP contribution is -2.30. The Labute approximate surface area is 155 Å². The number of amides is 1. The maximum atomic E-state index is 12.1. The van der Waals surface area contributed by atoms with Crippen molar-refractivity contribution in [1.82, 2.24) is 10.3 Å². The zero-order valence-electron chi connectivity index (χ0n) is 12.9. The van der Waals surface area contributed by atoms with Crippen LogP contribution in [0.2, 0.25) is 0 Å². The molecule has 1 aromatic carbocycles. The van der Waals surface area contributed by atoms with Crippen LogP contribution in [0.15, 0.2) is 34.1 Å². The summed E-state index contributed by atoms with van der Waals surface area (Å²) in [6.45, 7) is 3.17. The summed E-state index contributed by atoms with van der Waals surface area (Å²) in [6, 6.07) is 8.29. The first kappa shape index (κ1) is 20.1. The molecule has 1 aromatic heterocycles. The molecule has 1 unspecified atom stereocenters. The van der Waals surface area contributed by atoms with Gasteiger partial charge in [-0.3, -0.25) is 4.79 Å². The molecule has 0 bridgehead atoms. The summed E-state index contributed by atoms with van der Waals surface area (Å²) in [5.41, 5.74) is 7.25. The number of benzene rings is 1. The molecule has 0 saturated heterocycles. The molecule has 0 fully saturated rings. The summed E-state index contributed by atoms with van der Waals surface area (Å²) in [5, 5.41) is 5.52. The number of halogens is 2. The van der Waals surface area contributed by atoms with Crippen molar-refractivity contribution in [3.63, 3.8) is 0 Å². The van der Waals surface area contributed by atoms with Crippen molar-refractivity contribution in [2.45, 2.75) is 26.3 Å². The Morgan fingerprint density at radius 3 is 2.87 bits per heavy atom. The van der Waals surface area contributed by atoms with E-state index in [1.807, 2.05) is 12.1 Å². The van der Waals surface area contributed by atoms with Gasteiger partial charge < -0.3 is 11.1 Å². The van der Waals surface area contributed by atoms with E-state index in [0.29, 0.717) is 24.7 Å². The topological polar surface area (TPSA) is 68.0 Å². The van der Waals surface area contributed by atoms with Gasteiger partial charge in [0.2, 0.25) is 0 Å². The standard InChI is InChI=1S/C16H20BrN3OS.ClH/c1-2-11(6-12-4-3-5-13(17)7-12)9-19-16(21)14-10-22-15(8-18)20-14;/h3-5,7,10-11H,2,6,8-9,18H2,1H3,(H,19,21);1H. The SMILES string of the molecule is CCC(CNC(=O)c1csc(CN)n1)Cc1cccc(Br)c1.Cl. The van der Waals surface area contributed by atoms with Crippen LogP contribution in [0.4, 0.5) is 0 Å². The summed E-state index contributed by atoms with van der Waals surface area (Å²) in [7, 11) is 0. The predicted molar refractivity (Wildman–Crippen MR) is 101 cm³/mol. The Balaban J connectivity index is 0.00000264. The van der Waals surface area contributed by atoms with E-state index in [1.165, 1.54) is 16.9 Å². The molecule has 0 radical (unpaired) electrons. The van der Waals surface area contributed by atoms with Crippen LogP contribution in [0, 0.1) is 5.92 Å². The number of hydrogen-bond donors (Lipinski definition) is 2. The Kier molecular flexibility index (Phi) is 8.76. The number of carbonyl (C=O) groups is 1. The molecular weight excluding hydrogens is 398 g/mol. The molecule has 0 aliphatic rings. The molecule has 0 spiro atoms. The Morgan fingerprint density at radius 2 is 2.26 bits per heavy atom. The number of rotatable bonds is 7. The van der Waals surface area contributed by atoms with Gasteiger partial charge in [0.15, 0.2) is 0 Å². The van der Waals surface area contributed by atoms with Gasteiger partial charge in [0.05, 0.1) is 0 Å². The summed E-state index contributed by atoms with van der Waals surface area (Å²) in [6.07, 6.45) is 1.96. The number of nitrogens with two attached hydrogens (primary N) is 1. The van der Waals surface area contributed by atoms with Gasteiger partial charge in [-0.2, -0.15) is 0 Å². The average Bonchev–Trinajstić information content (AvgIpc) is 3.00. The van der Waals surface area contributed by atoms with Gasteiger partial charge in [0.25, 0.3) is 5.91 Å². The lowest BCUT2D eigenvalue weighted by molar-refractivity contribution is 0.0942. The minimum Gasteiger partial charge on any atom is -0.350 e. The van der Waals surface area contributed by atoms with Crippen molar-refractivity contribution >= 4 is 45.6 Å². The average molecular weight is 419 g/mol. The molecule has 2 rings (SSSR count). The van der Waals surface area contributed by atoms with E-state index >= 15 is 0 Å². The van der Waals surface area contributed by atoms with Gasteiger partial charge in [-0.25, -0.2) is 4.98 Å². The number of hydrogen-bond acceptors (Lipinski definition) is 4. The van der Waals surface area contributed by atoms with Gasteiger partial charge >= 0.3 is 0 Å². The van der Waals surface area contributed by atoms with Crippen molar-refractivity contribution in [1.29, 1.82) is 0 Å². The summed E-state index contributed by atoms with van der Waals surface area (Å²) < 4.78 is 1.08. The highest BCUT2D eigenvalue weighted by atomic mass is 79.9. The third kappa shape index (κ3) is 6.22. The Hall–Kier alpha value is -0.950. The summed E-state index contributed by atoms with van der Waals surface area (Å²) in [4.78, 5) is 16.3. The monoisotopic (exact) mass is 417 g/mol. The molecule has 1 atom stereocenters. The van der Waals surface area contributed by atoms with Crippen LogP contribution < -0.4 is 11.1 Å². The number of aromatic nitrogens is 1. The van der Waals surface area contributed by atoms with Crippen molar-refractivity contribution in [2.75, 3.05) is 6.54 Å². The molecule has 126 valence electrons. The zero-order valence-corrected chi connectivity index (χ0v) is 16.1. The molecule has 0 aliphatic carbocycles. The number of nitrogens with zero attached hydrogens (tertiary/aromatic N) is 1. The smallest absolute Gasteiger partial charge is 0.270 e. The van der Waals surface area contributed by atoms with E-state index in [4.69, 9.17) is 5.73 Å². The van der Waals surface area contributed by atoms with Gasteiger partial charge in [0.1, 0.15) is 10.7 Å². The van der Waals surface area contributed by atoms with Crippen molar-refractivity contribution in [2.24, 2.45) is 11.7 Å². The van der Waals surface area contributed by atoms with Crippen LogP contribution >= 0.6 is 39.7 Å². The van der Waals surface area contributed by atoms with Crippen LogP contribution in [0.25, 0.3) is 0 Å². The van der Waals surface area contributed by atoms with Crippen LogP contribution in [-0.2, 0) is 13.0 Å². The second-order valence-electron chi connectivity index (χ2n) is 5.15. The minimum absolute atomic E-state index is 0. The van der Waals surface area contributed by atoms with Gasteiger partial charge in [0, 0.05) is 22.9 Å². The minimum atomic E-state index is -0.122. The molecule has 4 nitrogen and oxygen atoms in total. The number of thiazole rings is 1. The number of carbonyl (C=O) groups excluding carboxylic acids is 1. The molecule has 23 heavy (non-hydrogen) atoms. The van der Waals surface area contributed by atoms with Crippen LogP contribution in [0.3, 0.4) is 0 Å². The lowest BCUT2D eigenvalue weighted by atomic mass is 9.97. The van der Waals surface area contributed by atoms with Gasteiger partial charge in [-0.15, -0.1) is 23.7 Å². The highest BCUT2D eigenvalue weighted by Crippen LogP contribution is 2.17. The molecule has 3 N–H and O–H groups in total. The second kappa shape index (κ2) is 10.0. The predicted octanol–water partition coefficient (Wildman–Crippen LogP) is 3.78. The van der Waals surface area contributed by atoms with Crippen molar-refractivity contribution in [3.05, 3.63) is 50.4 Å². The third-order valence-electron chi connectivity index (χ3n) is 3.50. The molecule has 7 heteroatoms. The quantitative estimate of drug-likeness (QED) is 0.719. The normalized spacial score (nSPS) is 11.6. The van der Waals surface area contributed by atoms with Gasteiger partial charge in [-0.05, 0) is 30.0 Å². The van der Waals surface area contributed by atoms with E-state index in [0.717, 1.165) is 22.3 Å². The van der Waals surface area contributed by atoms with Crippen LogP contribution in [0.5, 0.6) is 0 Å². The zero-order chi connectivity index (χ0) is 15.9. The van der Waals surface area contributed by atoms with E-state index in [2.05, 4.69) is 45.3 Å². The first-order valence-electron chi connectivity index (χ1n) is 7.29.